The van der Waals surface area contributed by atoms with Crippen molar-refractivity contribution in [3.8, 4) is 0 Å². The van der Waals surface area contributed by atoms with Gasteiger partial charge < -0.3 is 10.1 Å². The number of hydrogen-bond donors (Lipinski definition) is 2. The zero-order valence-electron chi connectivity index (χ0n) is 13.7. The Morgan fingerprint density at radius 1 is 1.38 bits per heavy atom. The molecule has 0 radical (unpaired) electrons. The smallest absolute Gasteiger partial charge is 0.320 e. The molecule has 6 nitrogen and oxygen atoms in total. The van der Waals surface area contributed by atoms with Crippen molar-refractivity contribution in [3.63, 3.8) is 0 Å². The van der Waals surface area contributed by atoms with Gasteiger partial charge in [0.25, 0.3) is 0 Å². The summed E-state index contributed by atoms with van der Waals surface area (Å²) in [6, 6.07) is 7.88. The Balaban J connectivity index is 1.61. The number of amides is 2. The zero-order valence-corrected chi connectivity index (χ0v) is 14.5. The van der Waals surface area contributed by atoms with Crippen LogP contribution in [0.25, 0.3) is 0 Å². The number of urea groups is 1. The minimum Gasteiger partial charge on any atom is -0.379 e. The van der Waals surface area contributed by atoms with Gasteiger partial charge in [-0.2, -0.15) is 0 Å². The highest BCUT2D eigenvalue weighted by molar-refractivity contribution is 7.10. The molecule has 1 aliphatic heterocycles. The van der Waals surface area contributed by atoms with Crippen LogP contribution in [0.15, 0.2) is 35.8 Å². The van der Waals surface area contributed by atoms with Gasteiger partial charge >= 0.3 is 6.03 Å². The number of anilines is 1. The maximum atomic E-state index is 12.2. The number of nitrogens with zero attached hydrogens (tertiary/aromatic N) is 2. The van der Waals surface area contributed by atoms with Gasteiger partial charge in [0.1, 0.15) is 5.82 Å². The first-order chi connectivity index (χ1) is 11.7. The molecule has 1 atom stereocenters. The van der Waals surface area contributed by atoms with Gasteiger partial charge in [0.2, 0.25) is 0 Å². The molecule has 0 aliphatic carbocycles. The van der Waals surface area contributed by atoms with Gasteiger partial charge in [-0.25, -0.2) is 9.78 Å². The number of ether oxygens (including phenoxy) is 1. The lowest BCUT2D eigenvalue weighted by atomic mass is 10.2. The molecule has 7 heteroatoms. The summed E-state index contributed by atoms with van der Waals surface area (Å²) in [6.07, 6.45) is 1.67. The van der Waals surface area contributed by atoms with E-state index in [1.807, 2.05) is 25.1 Å². The fourth-order valence-corrected chi connectivity index (χ4v) is 3.60. The Morgan fingerprint density at radius 3 is 2.92 bits per heavy atom. The number of aryl methyl sites for hydroxylation is 1. The van der Waals surface area contributed by atoms with Crippen LogP contribution in [0, 0.1) is 6.92 Å². The van der Waals surface area contributed by atoms with Crippen molar-refractivity contribution in [1.29, 1.82) is 0 Å². The first-order valence-electron chi connectivity index (χ1n) is 8.05. The molecule has 3 heterocycles. The summed E-state index contributed by atoms with van der Waals surface area (Å²) in [7, 11) is 0. The van der Waals surface area contributed by atoms with Crippen LogP contribution in [0.1, 0.15) is 16.5 Å². The number of carbonyl (C=O) groups excluding carboxylic acids is 1. The molecule has 2 aromatic heterocycles. The molecule has 2 N–H and O–H groups in total. The second kappa shape index (κ2) is 8.23. The van der Waals surface area contributed by atoms with Crippen LogP contribution < -0.4 is 10.6 Å². The van der Waals surface area contributed by atoms with Crippen LogP contribution in [-0.4, -0.2) is 48.8 Å². The summed E-state index contributed by atoms with van der Waals surface area (Å²) in [6.45, 7) is 5.71. The third-order valence-electron chi connectivity index (χ3n) is 4.06. The summed E-state index contributed by atoms with van der Waals surface area (Å²) in [5, 5.41) is 7.86. The standard InChI is InChI=1S/C17H22N4O2S/c1-13-4-2-6-18-16(13)20-17(22)19-12-14(15-5-3-11-24-15)21-7-9-23-10-8-21/h2-6,11,14H,7-10,12H2,1H3,(H2,18,19,20,22)/t14-/m0/s1. The van der Waals surface area contributed by atoms with Gasteiger partial charge in [-0.05, 0) is 30.0 Å². The molecule has 1 saturated heterocycles. The van der Waals surface area contributed by atoms with E-state index < -0.39 is 0 Å². The largest absolute Gasteiger partial charge is 0.379 e. The number of pyridine rings is 1. The summed E-state index contributed by atoms with van der Waals surface area (Å²) >= 11 is 1.72. The summed E-state index contributed by atoms with van der Waals surface area (Å²) in [4.78, 5) is 20.0. The molecule has 24 heavy (non-hydrogen) atoms. The highest BCUT2D eigenvalue weighted by Crippen LogP contribution is 2.25. The van der Waals surface area contributed by atoms with Crippen LogP contribution >= 0.6 is 11.3 Å². The SMILES string of the molecule is Cc1cccnc1NC(=O)NC[C@@H](c1cccs1)N1CCOCC1. The van der Waals surface area contributed by atoms with Crippen LogP contribution in [0.3, 0.4) is 0 Å². The lowest BCUT2D eigenvalue weighted by Gasteiger charge is -2.34. The van der Waals surface area contributed by atoms with Gasteiger partial charge in [0, 0.05) is 30.7 Å². The number of hydrogen-bond acceptors (Lipinski definition) is 5. The van der Waals surface area contributed by atoms with E-state index in [-0.39, 0.29) is 12.1 Å². The van der Waals surface area contributed by atoms with Crippen molar-refractivity contribution >= 4 is 23.2 Å². The maximum Gasteiger partial charge on any atom is 0.320 e. The van der Waals surface area contributed by atoms with E-state index in [9.17, 15) is 4.79 Å². The molecule has 3 rings (SSSR count). The molecule has 2 amide bonds. The molecular formula is C17H22N4O2S. The third kappa shape index (κ3) is 4.31. The fourth-order valence-electron chi connectivity index (χ4n) is 2.74. The fraction of sp³-hybridized carbons (Fsp3) is 0.412. The molecule has 0 aromatic carbocycles. The molecule has 0 saturated carbocycles. The summed E-state index contributed by atoms with van der Waals surface area (Å²) in [5.41, 5.74) is 0.940. The summed E-state index contributed by atoms with van der Waals surface area (Å²) in [5.74, 6) is 0.592. The van der Waals surface area contributed by atoms with E-state index in [4.69, 9.17) is 4.74 Å². The number of rotatable bonds is 5. The number of morpholine rings is 1. The van der Waals surface area contributed by atoms with Gasteiger partial charge in [0.05, 0.1) is 19.3 Å². The molecule has 2 aromatic rings. The lowest BCUT2D eigenvalue weighted by Crippen LogP contribution is -2.44. The molecule has 0 unspecified atom stereocenters. The van der Waals surface area contributed by atoms with Crippen molar-refractivity contribution in [1.82, 2.24) is 15.2 Å². The Bertz CT molecular complexity index is 656. The van der Waals surface area contributed by atoms with Gasteiger partial charge in [-0.1, -0.05) is 12.1 Å². The van der Waals surface area contributed by atoms with Crippen LogP contribution in [0.4, 0.5) is 10.6 Å². The summed E-state index contributed by atoms with van der Waals surface area (Å²) < 4.78 is 5.44. The molecular weight excluding hydrogens is 324 g/mol. The lowest BCUT2D eigenvalue weighted by molar-refractivity contribution is 0.0175. The molecule has 1 fully saturated rings. The normalized spacial score (nSPS) is 16.5. The highest BCUT2D eigenvalue weighted by atomic mass is 32.1. The Morgan fingerprint density at radius 2 is 2.21 bits per heavy atom. The third-order valence-corrected chi connectivity index (χ3v) is 5.03. The Kier molecular flexibility index (Phi) is 5.79. The predicted molar refractivity (Wildman–Crippen MR) is 95.4 cm³/mol. The van der Waals surface area contributed by atoms with E-state index in [0.717, 1.165) is 31.9 Å². The zero-order chi connectivity index (χ0) is 16.8. The average Bonchev–Trinajstić information content (AvgIpc) is 3.12. The number of thiophene rings is 1. The quantitative estimate of drug-likeness (QED) is 0.873. The van der Waals surface area contributed by atoms with Crippen molar-refractivity contribution < 1.29 is 9.53 Å². The molecule has 0 bridgehead atoms. The van der Waals surface area contributed by atoms with Crippen molar-refractivity contribution in [2.45, 2.75) is 13.0 Å². The second-order valence-corrected chi connectivity index (χ2v) is 6.66. The van der Waals surface area contributed by atoms with E-state index in [0.29, 0.717) is 12.4 Å². The van der Waals surface area contributed by atoms with E-state index >= 15 is 0 Å². The Hall–Kier alpha value is -1.96. The van der Waals surface area contributed by atoms with Crippen LogP contribution in [0.2, 0.25) is 0 Å². The molecule has 128 valence electrons. The highest BCUT2D eigenvalue weighted by Gasteiger charge is 2.24. The van der Waals surface area contributed by atoms with Gasteiger partial charge in [-0.15, -0.1) is 11.3 Å². The maximum absolute atomic E-state index is 12.2. The minimum absolute atomic E-state index is 0.171. The number of carbonyl (C=O) groups is 1. The van der Waals surface area contributed by atoms with Crippen LogP contribution in [0.5, 0.6) is 0 Å². The first kappa shape index (κ1) is 16.9. The minimum atomic E-state index is -0.230. The predicted octanol–water partition coefficient (Wildman–Crippen LogP) is 2.65. The Labute approximate surface area is 145 Å². The van der Waals surface area contributed by atoms with Gasteiger partial charge in [-0.3, -0.25) is 10.2 Å². The van der Waals surface area contributed by atoms with E-state index in [1.54, 1.807) is 17.5 Å². The van der Waals surface area contributed by atoms with E-state index in [1.165, 1.54) is 4.88 Å². The number of nitrogens with one attached hydrogen (secondary N) is 2. The monoisotopic (exact) mass is 346 g/mol. The second-order valence-electron chi connectivity index (χ2n) is 5.68. The molecule has 0 spiro atoms. The van der Waals surface area contributed by atoms with Crippen molar-refractivity contribution in [3.05, 3.63) is 46.3 Å². The first-order valence-corrected chi connectivity index (χ1v) is 8.93. The number of aromatic nitrogens is 1. The van der Waals surface area contributed by atoms with E-state index in [2.05, 4.69) is 32.0 Å². The van der Waals surface area contributed by atoms with Crippen molar-refractivity contribution in [2.75, 3.05) is 38.2 Å². The van der Waals surface area contributed by atoms with Crippen LogP contribution in [-0.2, 0) is 4.74 Å². The average molecular weight is 346 g/mol. The van der Waals surface area contributed by atoms with Gasteiger partial charge in [0.15, 0.2) is 0 Å². The topological polar surface area (TPSA) is 66.5 Å². The molecule has 1 aliphatic rings. The van der Waals surface area contributed by atoms with Crippen molar-refractivity contribution in [2.24, 2.45) is 0 Å².